The highest BCUT2D eigenvalue weighted by Crippen LogP contribution is 2.36. The van der Waals surface area contributed by atoms with E-state index in [2.05, 4.69) is 0 Å². The van der Waals surface area contributed by atoms with Gasteiger partial charge in [-0.3, -0.25) is 9.59 Å². The van der Waals surface area contributed by atoms with Crippen molar-refractivity contribution >= 4 is 40.6 Å². The smallest absolute Gasteiger partial charge is 0.338 e. The van der Waals surface area contributed by atoms with Crippen LogP contribution in [0.25, 0.3) is 17.4 Å². The zero-order valence-corrected chi connectivity index (χ0v) is 17.1. The summed E-state index contributed by atoms with van der Waals surface area (Å²) in [6, 6.07) is 17.5. The number of methoxy groups -OCH3 is 1. The number of imide groups is 1. The highest BCUT2D eigenvalue weighted by Gasteiger charge is 2.36. The number of carbonyl (C=O) groups excluding carboxylic acids is 3. The van der Waals surface area contributed by atoms with E-state index in [0.717, 1.165) is 27.8 Å². The number of furan rings is 1. The summed E-state index contributed by atoms with van der Waals surface area (Å²) in [5.74, 6) is 0.173. The van der Waals surface area contributed by atoms with Crippen LogP contribution >= 0.6 is 11.8 Å². The number of rotatable bonds is 4. The molecule has 1 aliphatic rings. The Balaban J connectivity index is 1.63. The van der Waals surface area contributed by atoms with Gasteiger partial charge in [-0.05, 0) is 54.6 Å². The zero-order chi connectivity index (χ0) is 21.3. The summed E-state index contributed by atoms with van der Waals surface area (Å²) in [5.41, 5.74) is 2.46. The fraction of sp³-hybridized carbons (Fsp3) is 0.0870. The molecule has 2 heterocycles. The highest BCUT2D eigenvalue weighted by molar-refractivity contribution is 8.19. The van der Waals surface area contributed by atoms with E-state index in [1.165, 1.54) is 7.11 Å². The van der Waals surface area contributed by atoms with Crippen molar-refractivity contribution in [3.05, 3.63) is 82.5 Å². The van der Waals surface area contributed by atoms with Gasteiger partial charge < -0.3 is 9.15 Å². The Kier molecular flexibility index (Phi) is 5.29. The number of nitrogens with zero attached hydrogens (tertiary/aromatic N) is 1. The van der Waals surface area contributed by atoms with Crippen LogP contribution in [-0.2, 0) is 9.53 Å². The molecule has 4 rings (SSSR count). The topological polar surface area (TPSA) is 76.8 Å². The maximum atomic E-state index is 12.7. The van der Waals surface area contributed by atoms with Gasteiger partial charge in [0.2, 0.25) is 0 Å². The van der Waals surface area contributed by atoms with Gasteiger partial charge in [-0.15, -0.1) is 0 Å². The molecule has 1 fully saturated rings. The summed E-state index contributed by atoms with van der Waals surface area (Å²) in [4.78, 5) is 38.4. The molecule has 0 atom stereocenters. The van der Waals surface area contributed by atoms with Crippen LogP contribution in [0, 0.1) is 6.92 Å². The molecule has 7 heteroatoms. The first-order valence-electron chi connectivity index (χ1n) is 9.10. The van der Waals surface area contributed by atoms with Gasteiger partial charge in [0.25, 0.3) is 11.1 Å². The van der Waals surface area contributed by atoms with Crippen LogP contribution in [0.2, 0.25) is 0 Å². The van der Waals surface area contributed by atoms with Gasteiger partial charge >= 0.3 is 5.97 Å². The summed E-state index contributed by atoms with van der Waals surface area (Å²) in [5, 5.41) is -0.356. The van der Waals surface area contributed by atoms with Gasteiger partial charge in [0.05, 0.1) is 23.3 Å². The minimum absolute atomic E-state index is 0.282. The Morgan fingerprint density at radius 2 is 1.80 bits per heavy atom. The fourth-order valence-electron chi connectivity index (χ4n) is 3.21. The third-order valence-corrected chi connectivity index (χ3v) is 5.58. The van der Waals surface area contributed by atoms with E-state index in [-0.39, 0.29) is 10.1 Å². The van der Waals surface area contributed by atoms with E-state index in [4.69, 9.17) is 9.15 Å². The molecule has 0 radical (unpaired) electrons. The molecule has 1 saturated heterocycles. The second kappa shape index (κ2) is 8.04. The molecule has 0 aliphatic carbocycles. The number of thioether (sulfide) groups is 1. The molecule has 0 N–H and O–H groups in total. The predicted octanol–water partition coefficient (Wildman–Crippen LogP) is 5.28. The van der Waals surface area contributed by atoms with Crippen LogP contribution in [0.5, 0.6) is 0 Å². The summed E-state index contributed by atoms with van der Waals surface area (Å²) in [6.07, 6.45) is 1.55. The third kappa shape index (κ3) is 3.55. The fourth-order valence-corrected chi connectivity index (χ4v) is 4.03. The van der Waals surface area contributed by atoms with E-state index in [0.29, 0.717) is 22.8 Å². The Hall–Kier alpha value is -3.58. The monoisotopic (exact) mass is 419 g/mol. The van der Waals surface area contributed by atoms with Gasteiger partial charge in [0.15, 0.2) is 0 Å². The lowest BCUT2D eigenvalue weighted by Crippen LogP contribution is -2.27. The first-order valence-corrected chi connectivity index (χ1v) is 9.92. The standard InChI is InChI=1S/C23H17NO5S/c1-14-17(9-6-10-18(14)22(26)28-2)19-12-11-16(29-19)13-20-21(25)24(23(27)30-20)15-7-4-3-5-8-15/h3-13H,1-2H3/b20-13-. The molecule has 0 unspecified atom stereocenters. The number of benzene rings is 2. The molecule has 2 amide bonds. The number of para-hydroxylation sites is 1. The molecular formula is C23H17NO5S. The summed E-state index contributed by atoms with van der Waals surface area (Å²) in [6.45, 7) is 1.81. The molecule has 0 saturated carbocycles. The number of carbonyl (C=O) groups is 3. The number of hydrogen-bond acceptors (Lipinski definition) is 6. The van der Waals surface area contributed by atoms with Crippen molar-refractivity contribution in [1.29, 1.82) is 0 Å². The average molecular weight is 419 g/mol. The Morgan fingerprint density at radius 3 is 2.53 bits per heavy atom. The molecule has 0 spiro atoms. The van der Waals surface area contributed by atoms with E-state index < -0.39 is 11.9 Å². The Labute approximate surface area is 177 Å². The van der Waals surface area contributed by atoms with Crippen molar-refractivity contribution in [2.24, 2.45) is 0 Å². The molecule has 6 nitrogen and oxygen atoms in total. The van der Waals surface area contributed by atoms with Crippen molar-refractivity contribution in [3.63, 3.8) is 0 Å². The van der Waals surface area contributed by atoms with Gasteiger partial charge in [-0.2, -0.15) is 0 Å². The van der Waals surface area contributed by atoms with Gasteiger partial charge in [0.1, 0.15) is 11.5 Å². The number of esters is 1. The SMILES string of the molecule is COC(=O)c1cccc(-c2ccc(/C=C3\SC(=O)N(c4ccccc4)C3=O)o2)c1C. The lowest BCUT2D eigenvalue weighted by Gasteiger charge is -2.11. The Bertz CT molecular complexity index is 1180. The second-order valence-corrected chi connectivity index (χ2v) is 7.52. The first-order chi connectivity index (χ1) is 14.5. The highest BCUT2D eigenvalue weighted by atomic mass is 32.2. The Morgan fingerprint density at radius 1 is 1.03 bits per heavy atom. The maximum absolute atomic E-state index is 12.7. The number of anilines is 1. The zero-order valence-electron chi connectivity index (χ0n) is 16.2. The van der Waals surface area contributed by atoms with Crippen molar-refractivity contribution in [3.8, 4) is 11.3 Å². The predicted molar refractivity (Wildman–Crippen MR) is 115 cm³/mol. The van der Waals surface area contributed by atoms with Crippen LogP contribution in [0.3, 0.4) is 0 Å². The third-order valence-electron chi connectivity index (χ3n) is 4.71. The van der Waals surface area contributed by atoms with Crippen LogP contribution in [0.1, 0.15) is 21.7 Å². The molecule has 2 aromatic carbocycles. The molecule has 1 aromatic heterocycles. The van der Waals surface area contributed by atoms with Crippen LogP contribution in [0.15, 0.2) is 70.0 Å². The molecule has 30 heavy (non-hydrogen) atoms. The first kappa shape index (κ1) is 19.7. The maximum Gasteiger partial charge on any atom is 0.338 e. The summed E-state index contributed by atoms with van der Waals surface area (Å²) < 4.78 is 10.7. The largest absolute Gasteiger partial charge is 0.465 e. The molecule has 150 valence electrons. The molecule has 1 aliphatic heterocycles. The minimum atomic E-state index is -0.421. The number of ether oxygens (including phenoxy) is 1. The van der Waals surface area contributed by atoms with Gasteiger partial charge in [0, 0.05) is 11.6 Å². The molecular weight excluding hydrogens is 402 g/mol. The van der Waals surface area contributed by atoms with Crippen molar-refractivity contribution in [2.75, 3.05) is 12.0 Å². The van der Waals surface area contributed by atoms with Crippen LogP contribution in [0.4, 0.5) is 10.5 Å². The quantitative estimate of drug-likeness (QED) is 0.423. The van der Waals surface area contributed by atoms with Crippen molar-refractivity contribution in [2.45, 2.75) is 6.92 Å². The number of amides is 2. The average Bonchev–Trinajstić information content (AvgIpc) is 3.32. The number of hydrogen-bond donors (Lipinski definition) is 0. The van der Waals surface area contributed by atoms with Crippen LogP contribution < -0.4 is 4.90 Å². The normalized spacial score (nSPS) is 15.1. The molecule has 0 bridgehead atoms. The van der Waals surface area contributed by atoms with Crippen molar-refractivity contribution < 1.29 is 23.5 Å². The molecule has 3 aromatic rings. The lowest BCUT2D eigenvalue weighted by molar-refractivity contribution is -0.113. The van der Waals surface area contributed by atoms with E-state index in [1.54, 1.807) is 54.6 Å². The van der Waals surface area contributed by atoms with Gasteiger partial charge in [-0.25, -0.2) is 9.69 Å². The summed E-state index contributed by atoms with van der Waals surface area (Å²) in [7, 11) is 1.34. The summed E-state index contributed by atoms with van der Waals surface area (Å²) >= 11 is 0.866. The van der Waals surface area contributed by atoms with Gasteiger partial charge in [-0.1, -0.05) is 30.3 Å². The van der Waals surface area contributed by atoms with E-state index in [1.807, 2.05) is 19.1 Å². The van der Waals surface area contributed by atoms with Crippen LogP contribution in [-0.4, -0.2) is 24.2 Å². The lowest BCUT2D eigenvalue weighted by atomic mass is 10.0. The van der Waals surface area contributed by atoms with E-state index >= 15 is 0 Å². The minimum Gasteiger partial charge on any atom is -0.465 e. The van der Waals surface area contributed by atoms with Crippen molar-refractivity contribution in [1.82, 2.24) is 0 Å². The van der Waals surface area contributed by atoms with E-state index in [9.17, 15) is 14.4 Å². The second-order valence-electron chi connectivity index (χ2n) is 6.52.